The highest BCUT2D eigenvalue weighted by Gasteiger charge is 2.23. The van der Waals surface area contributed by atoms with Crippen LogP contribution in [0, 0.1) is 13.8 Å². The van der Waals surface area contributed by atoms with Gasteiger partial charge in [0.2, 0.25) is 5.91 Å². The van der Waals surface area contributed by atoms with Crippen molar-refractivity contribution in [2.75, 3.05) is 26.2 Å². The maximum atomic E-state index is 13.0. The van der Waals surface area contributed by atoms with E-state index in [0.29, 0.717) is 38.3 Å². The van der Waals surface area contributed by atoms with Crippen molar-refractivity contribution in [3.05, 3.63) is 100 Å². The zero-order valence-corrected chi connectivity index (χ0v) is 21.2. The van der Waals surface area contributed by atoms with Crippen molar-refractivity contribution < 1.29 is 9.59 Å². The molecule has 6 nitrogen and oxygen atoms in total. The summed E-state index contributed by atoms with van der Waals surface area (Å²) in [5, 5.41) is 0. The minimum atomic E-state index is 0.0219. The molecule has 1 aliphatic heterocycles. The summed E-state index contributed by atoms with van der Waals surface area (Å²) in [6, 6.07) is 22.7. The summed E-state index contributed by atoms with van der Waals surface area (Å²) >= 11 is 0. The Kier molecular flexibility index (Phi) is 6.59. The van der Waals surface area contributed by atoms with E-state index in [1.807, 2.05) is 35.2 Å². The molecule has 0 atom stereocenters. The number of aromatic nitrogens is 2. The molecule has 0 bridgehead atoms. The second-order valence-corrected chi connectivity index (χ2v) is 9.70. The fourth-order valence-electron chi connectivity index (χ4n) is 4.86. The average Bonchev–Trinajstić information content (AvgIpc) is 3.20. The molecule has 0 N–H and O–H groups in total. The van der Waals surface area contributed by atoms with Crippen LogP contribution < -0.4 is 0 Å². The third-order valence-electron chi connectivity index (χ3n) is 7.20. The standard InChI is InChI=1S/C30H32N4O2/c1-21-17-27-28(18-22(21)2)34(29(31-27)19-24-7-5-4-6-8-24)20-25-9-11-26(12-10-25)30(36)33-15-13-32(14-16-33)23(3)35/h4-12,17-18H,13-16,19-20H2,1-3H3. The maximum absolute atomic E-state index is 13.0. The van der Waals surface area contributed by atoms with Crippen LogP contribution in [0.2, 0.25) is 0 Å². The van der Waals surface area contributed by atoms with Gasteiger partial charge in [0.15, 0.2) is 0 Å². The molecule has 5 rings (SSSR count). The van der Waals surface area contributed by atoms with Gasteiger partial charge in [-0.15, -0.1) is 0 Å². The van der Waals surface area contributed by atoms with Crippen LogP contribution in [0.5, 0.6) is 0 Å². The molecule has 0 saturated carbocycles. The van der Waals surface area contributed by atoms with Crippen molar-refractivity contribution in [2.45, 2.75) is 33.7 Å². The minimum Gasteiger partial charge on any atom is -0.339 e. The number of carbonyl (C=O) groups excluding carboxylic acids is 2. The largest absolute Gasteiger partial charge is 0.339 e. The Balaban J connectivity index is 1.38. The summed E-state index contributed by atoms with van der Waals surface area (Å²) in [5.74, 6) is 1.12. The fourth-order valence-corrected chi connectivity index (χ4v) is 4.86. The van der Waals surface area contributed by atoms with Crippen LogP contribution in [-0.4, -0.2) is 57.3 Å². The van der Waals surface area contributed by atoms with Crippen LogP contribution in [0.1, 0.15) is 45.4 Å². The second-order valence-electron chi connectivity index (χ2n) is 9.70. The molecular weight excluding hydrogens is 448 g/mol. The lowest BCUT2D eigenvalue weighted by molar-refractivity contribution is -0.130. The van der Waals surface area contributed by atoms with E-state index in [9.17, 15) is 9.59 Å². The zero-order chi connectivity index (χ0) is 25.2. The van der Waals surface area contributed by atoms with E-state index in [4.69, 9.17) is 4.98 Å². The fraction of sp³-hybridized carbons (Fsp3) is 0.300. The van der Waals surface area contributed by atoms with Crippen LogP contribution >= 0.6 is 0 Å². The molecule has 1 aliphatic rings. The number of imidazole rings is 1. The van der Waals surface area contributed by atoms with Crippen molar-refractivity contribution in [1.29, 1.82) is 0 Å². The molecule has 1 saturated heterocycles. The van der Waals surface area contributed by atoms with E-state index in [1.165, 1.54) is 16.7 Å². The topological polar surface area (TPSA) is 58.4 Å². The predicted octanol–water partition coefficient (Wildman–Crippen LogP) is 4.60. The number of hydrogen-bond acceptors (Lipinski definition) is 3. The smallest absolute Gasteiger partial charge is 0.253 e. The maximum Gasteiger partial charge on any atom is 0.253 e. The van der Waals surface area contributed by atoms with E-state index in [0.717, 1.165) is 28.8 Å². The Morgan fingerprint density at radius 3 is 2.11 bits per heavy atom. The van der Waals surface area contributed by atoms with E-state index in [2.05, 4.69) is 54.8 Å². The van der Waals surface area contributed by atoms with Gasteiger partial charge in [-0.2, -0.15) is 0 Å². The number of fused-ring (bicyclic) bond motifs is 1. The van der Waals surface area contributed by atoms with Gasteiger partial charge in [0.1, 0.15) is 5.82 Å². The molecule has 184 valence electrons. The number of hydrogen-bond donors (Lipinski definition) is 0. The molecule has 2 heterocycles. The number of nitrogens with zero attached hydrogens (tertiary/aromatic N) is 4. The molecule has 0 spiro atoms. The number of benzene rings is 3. The molecule has 36 heavy (non-hydrogen) atoms. The number of aryl methyl sites for hydroxylation is 2. The Labute approximate surface area is 212 Å². The van der Waals surface area contributed by atoms with Crippen molar-refractivity contribution in [3.8, 4) is 0 Å². The predicted molar refractivity (Wildman–Crippen MR) is 142 cm³/mol. The Morgan fingerprint density at radius 2 is 1.44 bits per heavy atom. The van der Waals surface area contributed by atoms with Crippen LogP contribution in [-0.2, 0) is 17.8 Å². The Bertz CT molecular complexity index is 1400. The van der Waals surface area contributed by atoms with Gasteiger partial charge in [0.05, 0.1) is 11.0 Å². The molecular formula is C30H32N4O2. The average molecular weight is 481 g/mol. The van der Waals surface area contributed by atoms with E-state index >= 15 is 0 Å². The molecule has 1 aromatic heterocycles. The molecule has 1 fully saturated rings. The second kappa shape index (κ2) is 9.97. The van der Waals surface area contributed by atoms with E-state index in [1.54, 1.807) is 11.8 Å². The lowest BCUT2D eigenvalue weighted by Crippen LogP contribution is -2.50. The van der Waals surface area contributed by atoms with Crippen molar-refractivity contribution >= 4 is 22.8 Å². The minimum absolute atomic E-state index is 0.0219. The summed E-state index contributed by atoms with van der Waals surface area (Å²) in [6.07, 6.45) is 0.760. The van der Waals surface area contributed by atoms with Gasteiger partial charge in [0.25, 0.3) is 5.91 Å². The molecule has 2 amide bonds. The van der Waals surface area contributed by atoms with Crippen molar-refractivity contribution in [3.63, 3.8) is 0 Å². The highest BCUT2D eigenvalue weighted by atomic mass is 16.2. The Hall–Kier alpha value is -3.93. The highest BCUT2D eigenvalue weighted by molar-refractivity contribution is 5.94. The lowest BCUT2D eigenvalue weighted by atomic mass is 10.1. The zero-order valence-electron chi connectivity index (χ0n) is 21.2. The third-order valence-corrected chi connectivity index (χ3v) is 7.20. The van der Waals surface area contributed by atoms with Gasteiger partial charge in [-0.3, -0.25) is 9.59 Å². The van der Waals surface area contributed by atoms with Crippen molar-refractivity contribution in [1.82, 2.24) is 19.4 Å². The SMILES string of the molecule is CC(=O)N1CCN(C(=O)c2ccc(Cn3c(Cc4ccccc4)nc4cc(C)c(C)cc43)cc2)CC1. The first-order valence-corrected chi connectivity index (χ1v) is 12.5. The van der Waals surface area contributed by atoms with Gasteiger partial charge in [-0.25, -0.2) is 4.98 Å². The quantitative estimate of drug-likeness (QED) is 0.420. The van der Waals surface area contributed by atoms with Crippen LogP contribution in [0.15, 0.2) is 66.7 Å². The van der Waals surface area contributed by atoms with Gasteiger partial charge >= 0.3 is 0 Å². The van der Waals surface area contributed by atoms with Gasteiger partial charge < -0.3 is 14.4 Å². The number of amides is 2. The molecule has 0 aliphatic carbocycles. The van der Waals surface area contributed by atoms with Gasteiger partial charge in [0, 0.05) is 51.6 Å². The van der Waals surface area contributed by atoms with E-state index in [-0.39, 0.29) is 11.8 Å². The summed E-state index contributed by atoms with van der Waals surface area (Å²) in [6.45, 7) is 8.86. The summed E-state index contributed by atoms with van der Waals surface area (Å²) in [7, 11) is 0. The monoisotopic (exact) mass is 480 g/mol. The first-order valence-electron chi connectivity index (χ1n) is 12.5. The highest BCUT2D eigenvalue weighted by Crippen LogP contribution is 2.24. The number of carbonyl (C=O) groups is 2. The lowest BCUT2D eigenvalue weighted by Gasteiger charge is -2.34. The number of rotatable bonds is 5. The van der Waals surface area contributed by atoms with Gasteiger partial charge in [-0.05, 0) is 60.4 Å². The van der Waals surface area contributed by atoms with Gasteiger partial charge in [-0.1, -0.05) is 42.5 Å². The molecule has 0 unspecified atom stereocenters. The van der Waals surface area contributed by atoms with E-state index < -0.39 is 0 Å². The third kappa shape index (κ3) is 4.89. The molecule has 4 aromatic rings. The van der Waals surface area contributed by atoms with Crippen LogP contribution in [0.25, 0.3) is 11.0 Å². The van der Waals surface area contributed by atoms with Crippen LogP contribution in [0.3, 0.4) is 0 Å². The van der Waals surface area contributed by atoms with Crippen LogP contribution in [0.4, 0.5) is 0 Å². The normalized spacial score (nSPS) is 13.9. The summed E-state index contributed by atoms with van der Waals surface area (Å²) < 4.78 is 2.30. The number of piperazine rings is 1. The summed E-state index contributed by atoms with van der Waals surface area (Å²) in [5.41, 5.74) is 7.67. The first-order chi connectivity index (χ1) is 17.4. The molecule has 3 aromatic carbocycles. The summed E-state index contributed by atoms with van der Waals surface area (Å²) in [4.78, 5) is 33.2. The molecule has 6 heteroatoms. The molecule has 0 radical (unpaired) electrons. The first kappa shape index (κ1) is 23.8. The Morgan fingerprint density at radius 1 is 0.806 bits per heavy atom. The van der Waals surface area contributed by atoms with Crippen molar-refractivity contribution in [2.24, 2.45) is 0 Å².